The van der Waals surface area contributed by atoms with Gasteiger partial charge in [-0.05, 0) is 25.1 Å². The van der Waals surface area contributed by atoms with Gasteiger partial charge in [-0.25, -0.2) is 9.59 Å². The van der Waals surface area contributed by atoms with Gasteiger partial charge in [0.2, 0.25) is 5.76 Å². The molecule has 180 valence electrons. The van der Waals surface area contributed by atoms with Crippen molar-refractivity contribution in [3.63, 3.8) is 0 Å². The average Bonchev–Trinajstić information content (AvgIpc) is 2.79. The zero-order chi connectivity index (χ0) is 24.0. The summed E-state index contributed by atoms with van der Waals surface area (Å²) < 4.78 is 54.4. The lowest BCUT2D eigenvalue weighted by Gasteiger charge is -2.24. The van der Waals surface area contributed by atoms with E-state index in [1.54, 1.807) is 6.07 Å². The third-order valence-corrected chi connectivity index (χ3v) is 8.19. The van der Waals surface area contributed by atoms with Gasteiger partial charge in [0.1, 0.15) is 4.90 Å². The number of nitrogens with one attached hydrogen (secondary N) is 1. The lowest BCUT2D eigenvalue weighted by atomic mass is 10.4. The molecule has 0 saturated carbocycles. The number of ether oxygens (including phenoxy) is 2. The third-order valence-electron chi connectivity index (χ3n) is 4.09. The highest BCUT2D eigenvalue weighted by Crippen LogP contribution is 2.15. The van der Waals surface area contributed by atoms with Crippen LogP contribution in [0.5, 0.6) is 0 Å². The van der Waals surface area contributed by atoms with Crippen molar-refractivity contribution >= 4 is 31.0 Å². The van der Waals surface area contributed by atoms with Crippen molar-refractivity contribution in [3.8, 4) is 0 Å². The maximum absolute atomic E-state index is 12.0. The van der Waals surface area contributed by atoms with E-state index in [0.717, 1.165) is 0 Å². The van der Waals surface area contributed by atoms with Crippen molar-refractivity contribution < 1.29 is 44.9 Å². The summed E-state index contributed by atoms with van der Waals surface area (Å²) in [4.78, 5) is 23.4. The second-order valence-electron chi connectivity index (χ2n) is 6.22. The maximum atomic E-state index is 12.0. The normalized spacial score (nSPS) is 11.5. The van der Waals surface area contributed by atoms with Gasteiger partial charge in [0.05, 0.1) is 13.2 Å². The van der Waals surface area contributed by atoms with Crippen LogP contribution in [0.4, 0.5) is 4.79 Å². The van der Waals surface area contributed by atoms with Gasteiger partial charge in [0.25, 0.3) is 0 Å². The molecule has 0 heterocycles. The molecule has 32 heavy (non-hydrogen) atoms. The monoisotopic (exact) mass is 491 g/mol. The zero-order valence-corrected chi connectivity index (χ0v) is 20.1. The van der Waals surface area contributed by atoms with E-state index in [0.29, 0.717) is 19.0 Å². The van der Waals surface area contributed by atoms with Gasteiger partial charge >= 0.3 is 31.0 Å². The molecular weight excluding hydrogens is 462 g/mol. The Morgan fingerprint density at radius 3 is 2.16 bits per heavy atom. The fourth-order valence-corrected chi connectivity index (χ4v) is 5.02. The molecule has 0 saturated heterocycles. The minimum Gasteiger partial charge on any atom is -0.460 e. The van der Waals surface area contributed by atoms with Crippen molar-refractivity contribution in [3.05, 3.63) is 42.7 Å². The predicted octanol–water partition coefficient (Wildman–Crippen LogP) is 1.83. The number of benzene rings is 1. The van der Waals surface area contributed by atoms with Gasteiger partial charge in [0.15, 0.2) is 0 Å². The number of carbonyl (C=O) groups is 2. The first-order valence-corrected chi connectivity index (χ1v) is 13.0. The highest BCUT2D eigenvalue weighted by Gasteiger charge is 2.36. The quantitative estimate of drug-likeness (QED) is 0.0966. The Morgan fingerprint density at radius 2 is 1.56 bits per heavy atom. The average molecular weight is 492 g/mol. The number of carbonyl (C=O) groups excluding carboxylic acids is 2. The molecular formula is C19H29NO10SSi. The van der Waals surface area contributed by atoms with E-state index >= 15 is 0 Å². The van der Waals surface area contributed by atoms with E-state index in [-0.39, 0.29) is 24.5 Å². The molecule has 1 aromatic rings. The van der Waals surface area contributed by atoms with Crippen LogP contribution in [-0.4, -0.2) is 70.4 Å². The predicted molar refractivity (Wildman–Crippen MR) is 115 cm³/mol. The number of rotatable bonds is 15. The summed E-state index contributed by atoms with van der Waals surface area (Å²) in [6.07, 6.45) is 0.144. The molecule has 11 nitrogen and oxygen atoms in total. The van der Waals surface area contributed by atoms with Crippen molar-refractivity contribution in [2.75, 3.05) is 41.1 Å². The molecule has 1 rings (SSSR count). The van der Waals surface area contributed by atoms with Crippen LogP contribution < -0.4 is 5.32 Å². The molecule has 0 aliphatic rings. The number of esters is 1. The molecule has 0 atom stereocenters. The highest BCUT2D eigenvalue weighted by atomic mass is 32.2. The highest BCUT2D eigenvalue weighted by molar-refractivity contribution is 7.86. The van der Waals surface area contributed by atoms with Gasteiger partial charge in [0, 0.05) is 40.3 Å². The summed E-state index contributed by atoms with van der Waals surface area (Å²) in [6, 6.07) is 7.84. The topological polar surface area (TPSA) is 136 Å². The second-order valence-corrected chi connectivity index (χ2v) is 10.9. The van der Waals surface area contributed by atoms with Crippen molar-refractivity contribution in [1.82, 2.24) is 5.32 Å². The molecule has 1 N–H and O–H groups in total. The molecule has 0 unspecified atom stereocenters. The van der Waals surface area contributed by atoms with E-state index in [1.807, 2.05) is 0 Å². The summed E-state index contributed by atoms with van der Waals surface area (Å²) in [5, 5.41) is 2.57. The Balaban J connectivity index is 2.21. The van der Waals surface area contributed by atoms with Gasteiger partial charge in [-0.2, -0.15) is 8.42 Å². The molecule has 13 heteroatoms. The maximum Gasteiger partial charge on any atom is 0.500 e. The van der Waals surface area contributed by atoms with E-state index in [1.165, 1.54) is 45.6 Å². The zero-order valence-electron chi connectivity index (χ0n) is 18.3. The molecule has 0 aromatic heterocycles. The summed E-state index contributed by atoms with van der Waals surface area (Å²) in [5.41, 5.74) is 0. The first-order valence-electron chi connectivity index (χ1n) is 9.61. The molecule has 0 radical (unpaired) electrons. The van der Waals surface area contributed by atoms with E-state index in [4.69, 9.17) is 22.8 Å². The van der Waals surface area contributed by atoms with Gasteiger partial charge in [-0.3, -0.25) is 0 Å². The summed E-state index contributed by atoms with van der Waals surface area (Å²) >= 11 is 0. The van der Waals surface area contributed by atoms with Crippen molar-refractivity contribution in [2.45, 2.75) is 23.8 Å². The lowest BCUT2D eigenvalue weighted by molar-refractivity contribution is -0.141. The molecule has 0 bridgehead atoms. The van der Waals surface area contributed by atoms with E-state index in [2.05, 4.69) is 16.1 Å². The Bertz CT molecular complexity index is 835. The fraction of sp³-hybridized carbons (Fsp3) is 0.474. The largest absolute Gasteiger partial charge is 0.500 e. The standard InChI is InChI=1S/C19H29NO10SSi/c1-16(30-31(23,24)17-10-6-5-7-11-17)18(21)28-13-9-14-29-19(22)20-12-8-15-32(25-2,26-3)27-4/h5-7,10-11H,1,8-9,12-15H2,2-4H3,(H,20,22). The number of hydrogen-bond acceptors (Lipinski definition) is 10. The number of hydrogen-bond donors (Lipinski definition) is 1. The molecule has 1 aromatic carbocycles. The molecule has 0 aliphatic carbocycles. The number of alkyl carbamates (subject to hydrolysis) is 1. The van der Waals surface area contributed by atoms with Crippen LogP contribution in [0.15, 0.2) is 47.6 Å². The SMILES string of the molecule is C=C(OS(=O)(=O)c1ccccc1)C(=O)OCCCOC(=O)NCCC[Si](OC)(OC)OC. The molecule has 0 fully saturated rings. The van der Waals surface area contributed by atoms with Crippen LogP contribution in [-0.2, 0) is 41.8 Å². The Morgan fingerprint density at radius 1 is 0.969 bits per heavy atom. The van der Waals surface area contributed by atoms with Gasteiger partial charge in [-0.15, -0.1) is 0 Å². The summed E-state index contributed by atoms with van der Waals surface area (Å²) in [5.74, 6) is -1.70. The third kappa shape index (κ3) is 9.36. The summed E-state index contributed by atoms with van der Waals surface area (Å²) in [6.45, 7) is 3.48. The molecule has 0 spiro atoms. The smallest absolute Gasteiger partial charge is 0.460 e. The lowest BCUT2D eigenvalue weighted by Crippen LogP contribution is -2.43. The summed E-state index contributed by atoms with van der Waals surface area (Å²) in [7, 11) is -2.32. The Hall–Kier alpha value is -2.45. The van der Waals surface area contributed by atoms with Crippen LogP contribution in [0.3, 0.4) is 0 Å². The Labute approximate surface area is 189 Å². The second kappa shape index (κ2) is 13.9. The number of amides is 1. The van der Waals surface area contributed by atoms with Gasteiger partial charge < -0.3 is 32.3 Å². The van der Waals surface area contributed by atoms with Crippen LogP contribution in [0.25, 0.3) is 0 Å². The van der Waals surface area contributed by atoms with E-state index < -0.39 is 36.7 Å². The first kappa shape index (κ1) is 27.6. The minimum atomic E-state index is -4.18. The first-order chi connectivity index (χ1) is 15.2. The van der Waals surface area contributed by atoms with Crippen LogP contribution in [0.2, 0.25) is 6.04 Å². The van der Waals surface area contributed by atoms with E-state index in [9.17, 15) is 18.0 Å². The van der Waals surface area contributed by atoms with Crippen molar-refractivity contribution in [2.24, 2.45) is 0 Å². The van der Waals surface area contributed by atoms with Crippen molar-refractivity contribution in [1.29, 1.82) is 0 Å². The van der Waals surface area contributed by atoms with Gasteiger partial charge in [-0.1, -0.05) is 18.2 Å². The Kier molecular flexibility index (Phi) is 11.9. The van der Waals surface area contributed by atoms with Crippen LogP contribution in [0.1, 0.15) is 12.8 Å². The van der Waals surface area contributed by atoms with Crippen LogP contribution >= 0.6 is 0 Å². The molecule has 1 amide bonds. The minimum absolute atomic E-state index is 0.0122. The molecule has 0 aliphatic heterocycles. The fourth-order valence-electron chi connectivity index (χ4n) is 2.37. The van der Waals surface area contributed by atoms with Crippen LogP contribution in [0, 0.1) is 0 Å².